The van der Waals surface area contributed by atoms with Crippen LogP contribution < -0.4 is 4.90 Å². The number of aromatic nitrogens is 6. The van der Waals surface area contributed by atoms with Crippen molar-refractivity contribution < 1.29 is 21.1 Å². The summed E-state index contributed by atoms with van der Waals surface area (Å²) < 4.78 is 3.47. The molecule has 10 heteroatoms. The average Bonchev–Trinajstić information content (AvgIpc) is 3.69. The van der Waals surface area contributed by atoms with Crippen molar-refractivity contribution in [2.75, 3.05) is 11.2 Å². The van der Waals surface area contributed by atoms with Crippen LogP contribution in [0, 0.1) is 12.4 Å². The molecule has 0 saturated heterocycles. The van der Waals surface area contributed by atoms with Gasteiger partial charge in [0.15, 0.2) is 0 Å². The fourth-order valence-corrected chi connectivity index (χ4v) is 5.80. The van der Waals surface area contributed by atoms with Crippen molar-refractivity contribution in [3.8, 4) is 11.6 Å². The Balaban J connectivity index is 0.00000562. The smallest absolute Gasteiger partial charge is 0.343 e. The summed E-state index contributed by atoms with van der Waals surface area (Å²) in [5.74, 6) is 3.38. The van der Waals surface area contributed by atoms with Crippen molar-refractivity contribution in [1.29, 1.82) is 0 Å². The van der Waals surface area contributed by atoms with E-state index in [1.807, 2.05) is 18.4 Å². The number of pyridine rings is 2. The quantitative estimate of drug-likeness (QED) is 0.0998. The predicted octanol–water partition coefficient (Wildman–Crippen LogP) is 10.3. The summed E-state index contributed by atoms with van der Waals surface area (Å²) in [6.45, 7) is 26.9. The fraction of sp³-hybridized carbons (Fsp3) is 0.450. The zero-order chi connectivity index (χ0) is 36.1. The number of thiol groups is 1. The molecule has 0 radical (unpaired) electrons. The number of benzene rings is 1. The summed E-state index contributed by atoms with van der Waals surface area (Å²) >= 11 is 6.04. The van der Waals surface area contributed by atoms with Crippen LogP contribution in [-0.4, -0.2) is 35.8 Å². The third-order valence-electron chi connectivity index (χ3n) is 8.59. The van der Waals surface area contributed by atoms with Crippen molar-refractivity contribution in [1.82, 2.24) is 29.5 Å². The van der Waals surface area contributed by atoms with Gasteiger partial charge in [-0.15, -0.1) is 12.1 Å². The molecule has 50 heavy (non-hydrogen) atoms. The van der Waals surface area contributed by atoms with E-state index in [0.717, 1.165) is 39.2 Å². The summed E-state index contributed by atoms with van der Waals surface area (Å²) in [5.41, 5.74) is 6.02. The molecule has 0 atom stereocenters. The number of thioether (sulfide) groups is 1. The Bertz CT molecular complexity index is 1810. The van der Waals surface area contributed by atoms with Gasteiger partial charge in [-0.2, -0.15) is 24.4 Å². The van der Waals surface area contributed by atoms with Crippen LogP contribution in [0.5, 0.6) is 0 Å². The molecule has 0 spiro atoms. The molecular formula is C40H51N7PtS2. The van der Waals surface area contributed by atoms with Gasteiger partial charge in [-0.1, -0.05) is 114 Å². The summed E-state index contributed by atoms with van der Waals surface area (Å²) in [5, 5.41) is 10.4. The summed E-state index contributed by atoms with van der Waals surface area (Å²) in [7, 11) is 0. The maximum absolute atomic E-state index is 5.32. The molecule has 0 saturated carbocycles. The fourth-order valence-electron chi connectivity index (χ4n) is 5.31. The molecule has 0 aliphatic rings. The van der Waals surface area contributed by atoms with Gasteiger partial charge in [0.25, 0.3) is 0 Å². The Labute approximate surface area is 323 Å². The second-order valence-corrected chi connectivity index (χ2v) is 18.0. The van der Waals surface area contributed by atoms with Gasteiger partial charge < -0.3 is 9.36 Å². The van der Waals surface area contributed by atoms with Crippen LogP contribution in [0.2, 0.25) is 0 Å². The van der Waals surface area contributed by atoms with E-state index in [2.05, 4.69) is 155 Å². The van der Waals surface area contributed by atoms with Gasteiger partial charge >= 0.3 is 21.1 Å². The van der Waals surface area contributed by atoms with Gasteiger partial charge in [-0.25, -0.2) is 0 Å². The van der Waals surface area contributed by atoms with Crippen LogP contribution >= 0.6 is 24.4 Å². The number of rotatable bonds is 7. The molecule has 0 aliphatic carbocycles. The molecule has 1 aromatic carbocycles. The Morgan fingerprint density at radius 1 is 0.620 bits per heavy atom. The predicted molar refractivity (Wildman–Crippen MR) is 208 cm³/mol. The van der Waals surface area contributed by atoms with Crippen molar-refractivity contribution in [3.05, 3.63) is 94.9 Å². The van der Waals surface area contributed by atoms with Crippen molar-refractivity contribution in [2.24, 2.45) is 0 Å². The zero-order valence-electron chi connectivity index (χ0n) is 31.7. The SMILES string of the molecule is CSc1c[c-]n(-c2cc(C(C)(C)C)cc(N(c3cc(C(C)(C)C)cc(C(C)(C)C)c3)c3cc(C(C)(C)C)cc(-n4[c-]cc(CS)n4)n3)n2)n1.[Pt+2]. The minimum atomic E-state index is -0.175. The zero-order valence-corrected chi connectivity index (χ0v) is 35.7. The first-order valence-electron chi connectivity index (χ1n) is 16.8. The number of hydrogen-bond acceptors (Lipinski definition) is 7. The Morgan fingerprint density at radius 3 is 1.42 bits per heavy atom. The van der Waals surface area contributed by atoms with Gasteiger partial charge in [0.05, 0.1) is 11.6 Å². The molecule has 4 aromatic heterocycles. The Morgan fingerprint density at radius 2 is 1.04 bits per heavy atom. The maximum atomic E-state index is 5.32. The van der Waals surface area contributed by atoms with Crippen molar-refractivity contribution >= 4 is 41.7 Å². The average molecular weight is 889 g/mol. The van der Waals surface area contributed by atoms with Crippen LogP contribution in [0.25, 0.3) is 11.6 Å². The number of anilines is 3. The van der Waals surface area contributed by atoms with E-state index in [9.17, 15) is 0 Å². The van der Waals surface area contributed by atoms with Gasteiger partial charge in [0.2, 0.25) is 0 Å². The normalized spacial score (nSPS) is 12.6. The second kappa shape index (κ2) is 14.6. The van der Waals surface area contributed by atoms with E-state index in [1.165, 1.54) is 11.1 Å². The largest absolute Gasteiger partial charge is 2.00 e. The van der Waals surface area contributed by atoms with Gasteiger partial charge in [-0.3, -0.25) is 25.1 Å². The van der Waals surface area contributed by atoms with E-state index in [4.69, 9.17) is 20.2 Å². The van der Waals surface area contributed by atoms with Crippen LogP contribution in [0.3, 0.4) is 0 Å². The minimum Gasteiger partial charge on any atom is -0.343 e. The number of hydrogen-bond donors (Lipinski definition) is 1. The number of nitrogens with zero attached hydrogens (tertiary/aromatic N) is 7. The molecule has 0 bridgehead atoms. The first kappa shape index (κ1) is 39.9. The molecule has 4 heterocycles. The maximum Gasteiger partial charge on any atom is 2.00 e. The molecule has 0 N–H and O–H groups in total. The van der Waals surface area contributed by atoms with E-state index in [0.29, 0.717) is 17.4 Å². The summed E-state index contributed by atoms with van der Waals surface area (Å²) in [4.78, 5) is 12.8. The third-order valence-corrected chi connectivity index (χ3v) is 9.53. The molecule has 5 rings (SSSR count). The van der Waals surface area contributed by atoms with Crippen LogP contribution in [0.15, 0.2) is 59.6 Å². The Hall–Kier alpha value is -2.87. The molecule has 0 aliphatic heterocycles. The molecule has 0 fully saturated rings. The first-order valence-corrected chi connectivity index (χ1v) is 18.6. The molecule has 0 amide bonds. The van der Waals surface area contributed by atoms with E-state index < -0.39 is 0 Å². The summed E-state index contributed by atoms with van der Waals surface area (Å²) in [6.07, 6.45) is 8.57. The summed E-state index contributed by atoms with van der Waals surface area (Å²) in [6, 6.07) is 19.3. The molecule has 0 unspecified atom stereocenters. The molecule has 5 aromatic rings. The molecular weight excluding hydrogens is 838 g/mol. The van der Waals surface area contributed by atoms with Gasteiger partial charge in [0.1, 0.15) is 11.6 Å². The Kier molecular flexibility index (Phi) is 11.7. The second-order valence-electron chi connectivity index (χ2n) is 16.8. The van der Waals surface area contributed by atoms with Gasteiger partial charge in [0, 0.05) is 10.7 Å². The standard InChI is InChI=1S/C40H51N7S2.Pt/c1-37(2,3)26-18-27(38(4,5)6)20-31(19-26)47(34-23-28(39(7,8)9)21-32(41-34)45-16-14-30(25-48)43-45)35-24-29(40(10,11)12)22-33(42-35)46-17-15-36(44-46)49-13;/h14-15,18-24,48H,25H2,1-13H3;/q-2;+2. The first-order chi connectivity index (χ1) is 22.7. The monoisotopic (exact) mass is 888 g/mol. The molecule has 268 valence electrons. The third kappa shape index (κ3) is 8.94. The van der Waals surface area contributed by atoms with E-state index in [1.54, 1.807) is 21.1 Å². The van der Waals surface area contributed by atoms with Crippen molar-refractivity contribution in [2.45, 2.75) is 116 Å². The van der Waals surface area contributed by atoms with Crippen LogP contribution in [0.4, 0.5) is 17.3 Å². The minimum absolute atomic E-state index is 0. The van der Waals surface area contributed by atoms with E-state index >= 15 is 0 Å². The van der Waals surface area contributed by atoms with E-state index in [-0.39, 0.29) is 42.7 Å². The molecule has 7 nitrogen and oxygen atoms in total. The topological polar surface area (TPSA) is 64.7 Å². The van der Waals surface area contributed by atoms with Crippen molar-refractivity contribution in [3.63, 3.8) is 0 Å². The van der Waals surface area contributed by atoms with Crippen LogP contribution in [0.1, 0.15) is 111 Å². The van der Waals surface area contributed by atoms with Crippen LogP contribution in [-0.2, 0) is 48.5 Å². The van der Waals surface area contributed by atoms with Gasteiger partial charge in [-0.05, 0) is 85.9 Å².